The molecule has 10 heteroatoms. The van der Waals surface area contributed by atoms with Crippen LogP contribution in [-0.4, -0.2) is 60.5 Å². The second kappa shape index (κ2) is 11.0. The van der Waals surface area contributed by atoms with Gasteiger partial charge in [-0.25, -0.2) is 13.6 Å². The fraction of sp³-hybridized carbons (Fsp3) is 0.192. The van der Waals surface area contributed by atoms with E-state index < -0.39 is 17.7 Å². The first-order valence-corrected chi connectivity index (χ1v) is 11.3. The van der Waals surface area contributed by atoms with E-state index in [0.717, 1.165) is 12.1 Å². The number of rotatable bonds is 7. The monoisotopic (exact) mass is 494 g/mol. The zero-order valence-electron chi connectivity index (χ0n) is 19.2. The highest BCUT2D eigenvalue weighted by Crippen LogP contribution is 2.25. The van der Waals surface area contributed by atoms with Crippen molar-refractivity contribution in [3.8, 4) is 0 Å². The number of hydrogen-bond acceptors (Lipinski definition) is 5. The van der Waals surface area contributed by atoms with Crippen LogP contribution in [0.4, 0.5) is 25.8 Å². The van der Waals surface area contributed by atoms with Gasteiger partial charge >= 0.3 is 5.97 Å². The third-order valence-electron chi connectivity index (χ3n) is 5.82. The molecule has 3 N–H and O–H groups in total. The van der Waals surface area contributed by atoms with Crippen molar-refractivity contribution in [2.75, 3.05) is 48.3 Å². The molecule has 1 heterocycles. The van der Waals surface area contributed by atoms with Crippen molar-refractivity contribution in [3.05, 3.63) is 89.5 Å². The molecule has 0 aliphatic carbocycles. The number of carbonyl (C=O) groups excluding carboxylic acids is 2. The molecule has 2 amide bonds. The first-order chi connectivity index (χ1) is 17.3. The van der Waals surface area contributed by atoms with Crippen molar-refractivity contribution in [3.63, 3.8) is 0 Å². The van der Waals surface area contributed by atoms with Gasteiger partial charge in [-0.05, 0) is 66.7 Å². The molecule has 0 bridgehead atoms. The van der Waals surface area contributed by atoms with Gasteiger partial charge in [0.1, 0.15) is 11.6 Å². The molecule has 3 aromatic rings. The van der Waals surface area contributed by atoms with Crippen molar-refractivity contribution < 1.29 is 28.3 Å². The van der Waals surface area contributed by atoms with Gasteiger partial charge < -0.3 is 20.6 Å². The van der Waals surface area contributed by atoms with Gasteiger partial charge in [-0.1, -0.05) is 0 Å². The predicted molar refractivity (Wildman–Crippen MR) is 131 cm³/mol. The van der Waals surface area contributed by atoms with E-state index in [1.54, 1.807) is 6.07 Å². The quantitative estimate of drug-likeness (QED) is 0.463. The summed E-state index contributed by atoms with van der Waals surface area (Å²) in [6.07, 6.45) is 0. The highest BCUT2D eigenvalue weighted by Gasteiger charge is 2.22. The van der Waals surface area contributed by atoms with Gasteiger partial charge in [-0.3, -0.25) is 14.5 Å². The fourth-order valence-electron chi connectivity index (χ4n) is 3.91. The molecule has 1 aliphatic rings. The number of nitrogens with zero attached hydrogens (tertiary/aromatic N) is 2. The number of carboxylic acids is 1. The number of carboxylic acid groups (broad SMARTS) is 1. The predicted octanol–water partition coefficient (Wildman–Crippen LogP) is 3.68. The number of carbonyl (C=O) groups is 3. The van der Waals surface area contributed by atoms with Gasteiger partial charge in [-0.15, -0.1) is 0 Å². The van der Waals surface area contributed by atoms with Gasteiger partial charge in [0.05, 0.1) is 17.8 Å². The van der Waals surface area contributed by atoms with E-state index in [1.807, 2.05) is 9.80 Å². The van der Waals surface area contributed by atoms with Gasteiger partial charge in [0.15, 0.2) is 0 Å². The van der Waals surface area contributed by atoms with Crippen LogP contribution >= 0.6 is 0 Å². The molecule has 0 unspecified atom stereocenters. The molecule has 0 atom stereocenters. The zero-order valence-corrected chi connectivity index (χ0v) is 19.2. The van der Waals surface area contributed by atoms with Gasteiger partial charge in [-0.2, -0.15) is 0 Å². The molecular weight excluding hydrogens is 470 g/mol. The molecule has 8 nitrogen and oxygen atoms in total. The Bertz CT molecular complexity index is 1260. The fourth-order valence-corrected chi connectivity index (χ4v) is 3.91. The molecule has 1 aliphatic heterocycles. The normalized spacial score (nSPS) is 13.8. The van der Waals surface area contributed by atoms with Crippen molar-refractivity contribution in [2.45, 2.75) is 0 Å². The Morgan fingerprint density at radius 3 is 2.03 bits per heavy atom. The average molecular weight is 494 g/mol. The molecule has 0 radical (unpaired) electrons. The Kier molecular flexibility index (Phi) is 7.55. The Balaban J connectivity index is 1.35. The molecule has 0 aromatic heterocycles. The number of hydrogen-bond donors (Lipinski definition) is 3. The first kappa shape index (κ1) is 24.8. The molecule has 186 valence electrons. The second-order valence-corrected chi connectivity index (χ2v) is 8.31. The standard InChI is InChI=1S/C26H24F2N4O4/c27-18-3-1-17(2-4-18)25(34)30-23-10-9-21(15-22(23)26(35)36)32-13-11-31(12-14-32)16-24(33)29-20-7-5-19(28)6-8-20/h1-10,15H,11-14,16H2,(H,29,33)(H,30,34)(H,35,36). The summed E-state index contributed by atoms with van der Waals surface area (Å²) in [6, 6.07) is 15.3. The topological polar surface area (TPSA) is 102 Å². The number of anilines is 3. The summed E-state index contributed by atoms with van der Waals surface area (Å²) in [5, 5.41) is 15.0. The van der Waals surface area contributed by atoms with Crippen molar-refractivity contribution in [1.29, 1.82) is 0 Å². The van der Waals surface area contributed by atoms with Crippen LogP contribution in [0.1, 0.15) is 20.7 Å². The molecule has 1 fully saturated rings. The summed E-state index contributed by atoms with van der Waals surface area (Å²) in [4.78, 5) is 40.6. The molecule has 0 spiro atoms. The zero-order chi connectivity index (χ0) is 25.7. The van der Waals surface area contributed by atoms with E-state index in [-0.39, 0.29) is 35.1 Å². The van der Waals surface area contributed by atoms with E-state index in [1.165, 1.54) is 48.5 Å². The summed E-state index contributed by atoms with van der Waals surface area (Å²) < 4.78 is 26.1. The molecule has 36 heavy (non-hydrogen) atoms. The van der Waals surface area contributed by atoms with E-state index in [4.69, 9.17) is 0 Å². The van der Waals surface area contributed by atoms with Gasteiger partial charge in [0.25, 0.3) is 5.91 Å². The van der Waals surface area contributed by atoms with Crippen LogP contribution in [-0.2, 0) is 4.79 Å². The maximum absolute atomic E-state index is 13.1. The van der Waals surface area contributed by atoms with E-state index in [2.05, 4.69) is 10.6 Å². The third-order valence-corrected chi connectivity index (χ3v) is 5.82. The summed E-state index contributed by atoms with van der Waals surface area (Å²) in [7, 11) is 0. The van der Waals surface area contributed by atoms with Crippen molar-refractivity contribution >= 4 is 34.8 Å². The highest BCUT2D eigenvalue weighted by atomic mass is 19.1. The number of piperazine rings is 1. The number of halogens is 2. The molecule has 4 rings (SSSR count). The average Bonchev–Trinajstić information content (AvgIpc) is 2.86. The minimum atomic E-state index is -1.19. The van der Waals surface area contributed by atoms with Crippen molar-refractivity contribution in [2.24, 2.45) is 0 Å². The van der Waals surface area contributed by atoms with Gasteiger partial charge in [0.2, 0.25) is 5.91 Å². The largest absolute Gasteiger partial charge is 0.478 e. The first-order valence-electron chi connectivity index (χ1n) is 11.3. The number of amides is 2. The Hall–Kier alpha value is -4.31. The Morgan fingerprint density at radius 2 is 1.42 bits per heavy atom. The van der Waals surface area contributed by atoms with Crippen LogP contribution in [0.2, 0.25) is 0 Å². The Labute approximate surface area is 206 Å². The maximum atomic E-state index is 13.1. The van der Waals surface area contributed by atoms with Crippen LogP contribution in [0.15, 0.2) is 66.7 Å². The third kappa shape index (κ3) is 6.22. The van der Waals surface area contributed by atoms with Crippen LogP contribution < -0.4 is 15.5 Å². The maximum Gasteiger partial charge on any atom is 0.337 e. The summed E-state index contributed by atoms with van der Waals surface area (Å²) in [5.74, 6) is -2.79. The number of nitrogens with one attached hydrogen (secondary N) is 2. The lowest BCUT2D eigenvalue weighted by Gasteiger charge is -2.36. The molecule has 1 saturated heterocycles. The summed E-state index contributed by atoms with van der Waals surface area (Å²) in [5.41, 5.74) is 1.48. The molecule has 3 aromatic carbocycles. The number of aromatic carboxylic acids is 1. The minimum Gasteiger partial charge on any atom is -0.478 e. The Morgan fingerprint density at radius 1 is 0.806 bits per heavy atom. The lowest BCUT2D eigenvalue weighted by Crippen LogP contribution is -2.48. The lowest BCUT2D eigenvalue weighted by molar-refractivity contribution is -0.117. The van der Waals surface area contributed by atoms with Crippen LogP contribution in [0.5, 0.6) is 0 Å². The SMILES string of the molecule is O=C(CN1CCN(c2ccc(NC(=O)c3ccc(F)cc3)c(C(=O)O)c2)CC1)Nc1ccc(F)cc1. The summed E-state index contributed by atoms with van der Waals surface area (Å²) >= 11 is 0. The van der Waals surface area contributed by atoms with Crippen LogP contribution in [0.3, 0.4) is 0 Å². The second-order valence-electron chi connectivity index (χ2n) is 8.31. The van der Waals surface area contributed by atoms with Crippen molar-refractivity contribution in [1.82, 2.24) is 4.90 Å². The van der Waals surface area contributed by atoms with Crippen LogP contribution in [0, 0.1) is 11.6 Å². The molecule has 0 saturated carbocycles. The van der Waals surface area contributed by atoms with E-state index >= 15 is 0 Å². The van der Waals surface area contributed by atoms with Crippen LogP contribution in [0.25, 0.3) is 0 Å². The summed E-state index contributed by atoms with van der Waals surface area (Å²) in [6.45, 7) is 2.50. The van der Waals surface area contributed by atoms with Gasteiger partial charge in [0, 0.05) is 43.1 Å². The molecular formula is C26H24F2N4O4. The number of benzene rings is 3. The lowest BCUT2D eigenvalue weighted by atomic mass is 10.1. The van der Waals surface area contributed by atoms with E-state index in [0.29, 0.717) is 37.6 Å². The minimum absolute atomic E-state index is 0.0657. The smallest absolute Gasteiger partial charge is 0.337 e. The van der Waals surface area contributed by atoms with E-state index in [9.17, 15) is 28.3 Å². The highest BCUT2D eigenvalue weighted by molar-refractivity contribution is 6.08.